The van der Waals surface area contributed by atoms with Gasteiger partial charge < -0.3 is 14.8 Å². The summed E-state index contributed by atoms with van der Waals surface area (Å²) < 4.78 is 11.0. The number of thioether (sulfide) groups is 1. The van der Waals surface area contributed by atoms with E-state index in [9.17, 15) is 0 Å². The topological polar surface area (TPSA) is 56.3 Å². The van der Waals surface area contributed by atoms with Crippen molar-refractivity contribution in [1.29, 1.82) is 0 Å². The highest BCUT2D eigenvalue weighted by atomic mass is 32.2. The van der Waals surface area contributed by atoms with E-state index < -0.39 is 0 Å². The first kappa shape index (κ1) is 15.0. The van der Waals surface area contributed by atoms with Crippen molar-refractivity contribution in [3.63, 3.8) is 0 Å². The lowest BCUT2D eigenvalue weighted by molar-refractivity contribution is 0.0541. The minimum Gasteiger partial charge on any atom is -0.475 e. The molecule has 0 aliphatic heterocycles. The Morgan fingerprint density at radius 1 is 1.33 bits per heavy atom. The predicted molar refractivity (Wildman–Crippen MR) is 74.6 cm³/mol. The molecule has 0 bridgehead atoms. The average molecular weight is 271 g/mol. The zero-order chi connectivity index (χ0) is 13.4. The molecule has 18 heavy (non-hydrogen) atoms. The van der Waals surface area contributed by atoms with E-state index in [1.807, 2.05) is 27.0 Å². The minimum absolute atomic E-state index is 0.220. The van der Waals surface area contributed by atoms with Gasteiger partial charge in [0, 0.05) is 12.6 Å². The average Bonchev–Trinajstić information content (AvgIpc) is 2.34. The van der Waals surface area contributed by atoms with E-state index in [2.05, 4.69) is 15.3 Å². The van der Waals surface area contributed by atoms with E-state index >= 15 is 0 Å². The molecule has 0 spiro atoms. The van der Waals surface area contributed by atoms with Crippen LogP contribution in [0, 0.1) is 0 Å². The van der Waals surface area contributed by atoms with Gasteiger partial charge in [-0.2, -0.15) is 4.98 Å². The van der Waals surface area contributed by atoms with E-state index in [-0.39, 0.29) is 6.10 Å². The maximum Gasteiger partial charge on any atom is 0.219 e. The van der Waals surface area contributed by atoms with Gasteiger partial charge in [-0.3, -0.25) is 0 Å². The van der Waals surface area contributed by atoms with Crippen LogP contribution in [0.4, 0.5) is 5.82 Å². The van der Waals surface area contributed by atoms with Gasteiger partial charge >= 0.3 is 0 Å². The Balaban J connectivity index is 2.55. The number of anilines is 1. The van der Waals surface area contributed by atoms with Crippen molar-refractivity contribution in [3.05, 3.63) is 6.07 Å². The molecule has 102 valence electrons. The van der Waals surface area contributed by atoms with Crippen molar-refractivity contribution >= 4 is 17.6 Å². The quantitative estimate of drug-likeness (QED) is 0.445. The molecule has 6 heteroatoms. The summed E-state index contributed by atoms with van der Waals surface area (Å²) in [5.41, 5.74) is 0. The number of ether oxygens (including phenoxy) is 2. The highest BCUT2D eigenvalue weighted by Gasteiger charge is 2.04. The van der Waals surface area contributed by atoms with Gasteiger partial charge in [0.15, 0.2) is 5.16 Å². The van der Waals surface area contributed by atoms with Crippen LogP contribution in [-0.2, 0) is 4.74 Å². The summed E-state index contributed by atoms with van der Waals surface area (Å²) in [5.74, 6) is 1.37. The van der Waals surface area contributed by atoms with E-state index in [4.69, 9.17) is 9.47 Å². The van der Waals surface area contributed by atoms with Crippen molar-refractivity contribution < 1.29 is 9.47 Å². The van der Waals surface area contributed by atoms with E-state index in [1.54, 1.807) is 6.07 Å². The third kappa shape index (κ3) is 5.55. The zero-order valence-corrected chi connectivity index (χ0v) is 12.2. The predicted octanol–water partition coefficient (Wildman–Crippen LogP) is 2.43. The van der Waals surface area contributed by atoms with Gasteiger partial charge in [-0.15, -0.1) is 0 Å². The molecule has 0 saturated carbocycles. The maximum atomic E-state index is 5.56. The first-order valence-electron chi connectivity index (χ1n) is 6.07. The molecule has 0 atom stereocenters. The lowest BCUT2D eigenvalue weighted by atomic mass is 10.5. The van der Waals surface area contributed by atoms with Crippen LogP contribution >= 0.6 is 11.8 Å². The van der Waals surface area contributed by atoms with E-state index in [0.717, 1.165) is 12.4 Å². The Kier molecular flexibility index (Phi) is 6.82. The number of aromatic nitrogens is 2. The van der Waals surface area contributed by atoms with Crippen molar-refractivity contribution in [1.82, 2.24) is 9.97 Å². The highest BCUT2D eigenvalue weighted by Crippen LogP contribution is 2.18. The lowest BCUT2D eigenvalue weighted by Crippen LogP contribution is -2.12. The van der Waals surface area contributed by atoms with Crippen LogP contribution in [0.15, 0.2) is 11.2 Å². The number of nitrogens with zero attached hydrogens (tertiary/aromatic N) is 2. The fraction of sp³-hybridized carbons (Fsp3) is 0.667. The van der Waals surface area contributed by atoms with Crippen molar-refractivity contribution in [2.45, 2.75) is 32.0 Å². The van der Waals surface area contributed by atoms with Crippen LogP contribution in [-0.4, -0.2) is 42.1 Å². The Hall–Kier alpha value is -1.01. The third-order valence-corrected chi connectivity index (χ3v) is 2.55. The first-order chi connectivity index (χ1) is 8.65. The van der Waals surface area contributed by atoms with E-state index in [0.29, 0.717) is 24.3 Å². The fourth-order valence-corrected chi connectivity index (χ4v) is 1.64. The Bertz CT molecular complexity index is 361. The standard InChI is InChI=1S/C12H21N3O2S/c1-5-13-10-8-11(15-12(14-10)18-4)17-7-6-16-9(2)3/h8-9H,5-7H2,1-4H3,(H,13,14,15). The van der Waals surface area contributed by atoms with Crippen LogP contribution < -0.4 is 10.1 Å². The second-order valence-corrected chi connectivity index (χ2v) is 4.65. The maximum absolute atomic E-state index is 5.56. The largest absolute Gasteiger partial charge is 0.475 e. The summed E-state index contributed by atoms with van der Waals surface area (Å²) >= 11 is 1.49. The van der Waals surface area contributed by atoms with Crippen LogP contribution in [0.5, 0.6) is 5.88 Å². The lowest BCUT2D eigenvalue weighted by Gasteiger charge is -2.10. The second kappa shape index (κ2) is 8.16. The molecule has 0 saturated heterocycles. The molecule has 5 nitrogen and oxygen atoms in total. The molecule has 0 amide bonds. The SMILES string of the molecule is CCNc1cc(OCCOC(C)C)nc(SC)n1. The number of nitrogens with one attached hydrogen (secondary N) is 1. The Morgan fingerprint density at radius 3 is 2.72 bits per heavy atom. The molecule has 0 aromatic carbocycles. The van der Waals surface area contributed by atoms with Gasteiger partial charge in [0.1, 0.15) is 12.4 Å². The third-order valence-electron chi connectivity index (χ3n) is 2.01. The molecule has 0 aliphatic rings. The van der Waals surface area contributed by atoms with Gasteiger partial charge in [0.05, 0.1) is 12.7 Å². The number of hydrogen-bond donors (Lipinski definition) is 1. The molecule has 1 aromatic rings. The Morgan fingerprint density at radius 2 is 2.11 bits per heavy atom. The molecule has 1 heterocycles. The molecule has 1 aromatic heterocycles. The van der Waals surface area contributed by atoms with E-state index in [1.165, 1.54) is 11.8 Å². The van der Waals surface area contributed by atoms with Gasteiger partial charge in [-0.25, -0.2) is 4.98 Å². The van der Waals surface area contributed by atoms with Crippen LogP contribution in [0.2, 0.25) is 0 Å². The first-order valence-corrected chi connectivity index (χ1v) is 7.29. The minimum atomic E-state index is 0.220. The summed E-state index contributed by atoms with van der Waals surface area (Å²) in [6.45, 7) is 7.90. The molecule has 1 rings (SSSR count). The van der Waals surface area contributed by atoms with Gasteiger partial charge in [0.25, 0.3) is 0 Å². The number of hydrogen-bond acceptors (Lipinski definition) is 6. The van der Waals surface area contributed by atoms with Gasteiger partial charge in [-0.05, 0) is 27.0 Å². The number of rotatable bonds is 8. The molecule has 0 fully saturated rings. The van der Waals surface area contributed by atoms with Gasteiger partial charge in [0.2, 0.25) is 5.88 Å². The highest BCUT2D eigenvalue weighted by molar-refractivity contribution is 7.98. The Labute approximate surface area is 113 Å². The molecule has 1 N–H and O–H groups in total. The summed E-state index contributed by atoms with van der Waals surface area (Å²) in [6.07, 6.45) is 2.16. The second-order valence-electron chi connectivity index (χ2n) is 3.88. The van der Waals surface area contributed by atoms with Crippen LogP contribution in [0.3, 0.4) is 0 Å². The van der Waals surface area contributed by atoms with Crippen LogP contribution in [0.1, 0.15) is 20.8 Å². The molecule has 0 radical (unpaired) electrons. The summed E-state index contributed by atoms with van der Waals surface area (Å²) in [4.78, 5) is 8.61. The van der Waals surface area contributed by atoms with Crippen LogP contribution in [0.25, 0.3) is 0 Å². The summed E-state index contributed by atoms with van der Waals surface area (Å²) in [5, 5.41) is 3.86. The molecular formula is C12H21N3O2S. The smallest absolute Gasteiger partial charge is 0.219 e. The zero-order valence-electron chi connectivity index (χ0n) is 11.4. The molecule has 0 unspecified atom stereocenters. The monoisotopic (exact) mass is 271 g/mol. The summed E-state index contributed by atoms with van der Waals surface area (Å²) in [6, 6.07) is 1.80. The van der Waals surface area contributed by atoms with Crippen molar-refractivity contribution in [2.24, 2.45) is 0 Å². The van der Waals surface area contributed by atoms with Crippen molar-refractivity contribution in [3.8, 4) is 5.88 Å². The normalized spacial score (nSPS) is 10.7. The van der Waals surface area contributed by atoms with Crippen molar-refractivity contribution in [2.75, 3.05) is 31.3 Å². The molecule has 0 aliphatic carbocycles. The van der Waals surface area contributed by atoms with Gasteiger partial charge in [-0.1, -0.05) is 11.8 Å². The fourth-order valence-electron chi connectivity index (χ4n) is 1.27. The summed E-state index contributed by atoms with van der Waals surface area (Å²) in [7, 11) is 0. The molecular weight excluding hydrogens is 250 g/mol.